The summed E-state index contributed by atoms with van der Waals surface area (Å²) in [5.41, 5.74) is 7.04. The molecule has 0 saturated heterocycles. The number of aryl methyl sites for hydroxylation is 1. The molecule has 0 amide bonds. The summed E-state index contributed by atoms with van der Waals surface area (Å²) in [6.07, 6.45) is 6.14. The van der Waals surface area contributed by atoms with E-state index in [9.17, 15) is 0 Å². The monoisotopic (exact) mass is 239 g/mol. The normalized spacial score (nSPS) is 16.8. The number of nitrogens with zero attached hydrogens (tertiary/aromatic N) is 2. The van der Waals surface area contributed by atoms with Crippen molar-refractivity contribution < 1.29 is 4.74 Å². The Morgan fingerprint density at radius 3 is 2.65 bits per heavy atom. The molecular weight excluding hydrogens is 214 g/mol. The second kappa shape index (κ2) is 6.77. The van der Waals surface area contributed by atoms with Gasteiger partial charge in [0, 0.05) is 24.8 Å². The average Bonchev–Trinajstić information content (AvgIpc) is 2.65. The summed E-state index contributed by atoms with van der Waals surface area (Å²) in [6.45, 7) is 7.14. The van der Waals surface area contributed by atoms with Crippen LogP contribution in [0.1, 0.15) is 45.3 Å². The predicted molar refractivity (Wildman–Crippen MR) is 69.6 cm³/mol. The molecule has 0 aliphatic carbocycles. The summed E-state index contributed by atoms with van der Waals surface area (Å²) in [4.78, 5) is 0. The highest BCUT2D eigenvalue weighted by molar-refractivity contribution is 5.10. The van der Waals surface area contributed by atoms with Crippen molar-refractivity contribution in [3.63, 3.8) is 0 Å². The quantitative estimate of drug-likeness (QED) is 0.794. The van der Waals surface area contributed by atoms with Gasteiger partial charge in [-0.1, -0.05) is 20.3 Å². The Kier molecular flexibility index (Phi) is 5.65. The van der Waals surface area contributed by atoms with Crippen LogP contribution in [0.25, 0.3) is 0 Å². The maximum Gasteiger partial charge on any atom is 0.100 e. The van der Waals surface area contributed by atoms with E-state index in [-0.39, 0.29) is 12.1 Å². The molecule has 3 unspecified atom stereocenters. The Morgan fingerprint density at radius 2 is 2.18 bits per heavy atom. The van der Waals surface area contributed by atoms with Gasteiger partial charge in [0.2, 0.25) is 0 Å². The van der Waals surface area contributed by atoms with Crippen molar-refractivity contribution in [1.29, 1.82) is 0 Å². The van der Waals surface area contributed by atoms with Crippen molar-refractivity contribution in [2.75, 3.05) is 6.61 Å². The lowest BCUT2D eigenvalue weighted by Gasteiger charge is -2.22. The highest BCUT2D eigenvalue weighted by Crippen LogP contribution is 2.21. The van der Waals surface area contributed by atoms with Gasteiger partial charge in [-0.3, -0.25) is 4.68 Å². The van der Waals surface area contributed by atoms with E-state index in [0.29, 0.717) is 5.92 Å². The van der Waals surface area contributed by atoms with E-state index in [2.05, 4.69) is 18.9 Å². The van der Waals surface area contributed by atoms with Crippen LogP contribution in [0, 0.1) is 5.92 Å². The zero-order chi connectivity index (χ0) is 12.8. The first-order chi connectivity index (χ1) is 8.04. The van der Waals surface area contributed by atoms with Crippen molar-refractivity contribution in [1.82, 2.24) is 9.78 Å². The fourth-order valence-electron chi connectivity index (χ4n) is 1.98. The standard InChI is InChI=1S/C13H25N3O/c1-5-6-10(2)9-17-13(11(3)14)12-7-15-16(4)8-12/h7-8,10-11,13H,5-6,9,14H2,1-4H3. The molecule has 0 saturated carbocycles. The summed E-state index contributed by atoms with van der Waals surface area (Å²) in [5, 5.41) is 4.16. The molecule has 0 aliphatic rings. The van der Waals surface area contributed by atoms with Gasteiger partial charge in [-0.25, -0.2) is 0 Å². The van der Waals surface area contributed by atoms with E-state index in [1.807, 2.05) is 26.4 Å². The minimum absolute atomic E-state index is 0.0203. The van der Waals surface area contributed by atoms with Crippen molar-refractivity contribution in [3.8, 4) is 0 Å². The van der Waals surface area contributed by atoms with Crippen LogP contribution < -0.4 is 5.73 Å². The molecule has 0 bridgehead atoms. The summed E-state index contributed by atoms with van der Waals surface area (Å²) < 4.78 is 7.72. The number of rotatable bonds is 7. The van der Waals surface area contributed by atoms with Crippen LogP contribution in [0.2, 0.25) is 0 Å². The lowest BCUT2D eigenvalue weighted by atomic mass is 10.1. The molecule has 1 aromatic heterocycles. The van der Waals surface area contributed by atoms with E-state index in [0.717, 1.165) is 12.2 Å². The number of aromatic nitrogens is 2. The zero-order valence-corrected chi connectivity index (χ0v) is 11.4. The average molecular weight is 239 g/mol. The predicted octanol–water partition coefficient (Wildman–Crippen LogP) is 2.26. The van der Waals surface area contributed by atoms with Crippen LogP contribution in [-0.4, -0.2) is 22.4 Å². The van der Waals surface area contributed by atoms with Crippen LogP contribution in [0.4, 0.5) is 0 Å². The lowest BCUT2D eigenvalue weighted by molar-refractivity contribution is 0.0173. The molecule has 4 nitrogen and oxygen atoms in total. The maximum atomic E-state index is 5.98. The fourth-order valence-corrected chi connectivity index (χ4v) is 1.98. The molecule has 4 heteroatoms. The number of ether oxygens (including phenoxy) is 1. The first-order valence-electron chi connectivity index (χ1n) is 6.40. The first-order valence-corrected chi connectivity index (χ1v) is 6.40. The van der Waals surface area contributed by atoms with Gasteiger partial charge in [-0.15, -0.1) is 0 Å². The molecule has 0 fully saturated rings. The SMILES string of the molecule is CCCC(C)COC(c1cnn(C)c1)C(C)N. The van der Waals surface area contributed by atoms with Crippen LogP contribution in [0.3, 0.4) is 0 Å². The van der Waals surface area contributed by atoms with Crippen molar-refractivity contribution in [3.05, 3.63) is 18.0 Å². The van der Waals surface area contributed by atoms with Crippen LogP contribution in [-0.2, 0) is 11.8 Å². The van der Waals surface area contributed by atoms with Crippen LogP contribution in [0.5, 0.6) is 0 Å². The van der Waals surface area contributed by atoms with Crippen LogP contribution in [0.15, 0.2) is 12.4 Å². The second-order valence-corrected chi connectivity index (χ2v) is 4.95. The molecule has 98 valence electrons. The minimum Gasteiger partial charge on any atom is -0.372 e. The van der Waals surface area contributed by atoms with Gasteiger partial charge < -0.3 is 10.5 Å². The van der Waals surface area contributed by atoms with E-state index >= 15 is 0 Å². The summed E-state index contributed by atoms with van der Waals surface area (Å²) in [7, 11) is 1.90. The lowest BCUT2D eigenvalue weighted by Crippen LogP contribution is -2.28. The third-order valence-corrected chi connectivity index (χ3v) is 2.87. The molecule has 0 aromatic carbocycles. The highest BCUT2D eigenvalue weighted by Gasteiger charge is 2.19. The van der Waals surface area contributed by atoms with Gasteiger partial charge in [0.15, 0.2) is 0 Å². The summed E-state index contributed by atoms with van der Waals surface area (Å²) >= 11 is 0. The van der Waals surface area contributed by atoms with Gasteiger partial charge in [0.25, 0.3) is 0 Å². The van der Waals surface area contributed by atoms with Crippen molar-refractivity contribution >= 4 is 0 Å². The molecule has 3 atom stereocenters. The Hall–Kier alpha value is -0.870. The fraction of sp³-hybridized carbons (Fsp3) is 0.769. The Bertz CT molecular complexity index is 322. The smallest absolute Gasteiger partial charge is 0.100 e. The zero-order valence-electron chi connectivity index (χ0n) is 11.4. The first kappa shape index (κ1) is 14.2. The third-order valence-electron chi connectivity index (χ3n) is 2.87. The van der Waals surface area contributed by atoms with Crippen molar-refractivity contribution in [2.24, 2.45) is 18.7 Å². The molecule has 0 radical (unpaired) electrons. The van der Waals surface area contributed by atoms with E-state index < -0.39 is 0 Å². The number of hydrogen-bond donors (Lipinski definition) is 1. The molecule has 1 rings (SSSR count). The van der Waals surface area contributed by atoms with Gasteiger partial charge in [-0.2, -0.15) is 5.10 Å². The Balaban J connectivity index is 2.55. The minimum atomic E-state index is -0.0528. The van der Waals surface area contributed by atoms with E-state index in [4.69, 9.17) is 10.5 Å². The number of hydrogen-bond acceptors (Lipinski definition) is 3. The molecule has 2 N–H and O–H groups in total. The molecule has 1 heterocycles. The van der Waals surface area contributed by atoms with E-state index in [1.54, 1.807) is 4.68 Å². The van der Waals surface area contributed by atoms with Gasteiger partial charge in [0.1, 0.15) is 6.10 Å². The number of nitrogens with two attached hydrogens (primary N) is 1. The van der Waals surface area contributed by atoms with Gasteiger partial charge in [-0.05, 0) is 19.3 Å². The van der Waals surface area contributed by atoms with Gasteiger partial charge >= 0.3 is 0 Å². The highest BCUT2D eigenvalue weighted by atomic mass is 16.5. The van der Waals surface area contributed by atoms with Crippen molar-refractivity contribution in [2.45, 2.75) is 45.8 Å². The molecule has 17 heavy (non-hydrogen) atoms. The largest absolute Gasteiger partial charge is 0.372 e. The Labute approximate surface area is 104 Å². The molecule has 1 aromatic rings. The van der Waals surface area contributed by atoms with E-state index in [1.165, 1.54) is 12.8 Å². The Morgan fingerprint density at radius 1 is 1.47 bits per heavy atom. The molecular formula is C13H25N3O. The molecule has 0 aliphatic heterocycles. The topological polar surface area (TPSA) is 53.1 Å². The maximum absolute atomic E-state index is 5.98. The third kappa shape index (κ3) is 4.48. The van der Waals surface area contributed by atoms with Gasteiger partial charge in [0.05, 0.1) is 12.8 Å². The second-order valence-electron chi connectivity index (χ2n) is 4.95. The molecule has 0 spiro atoms. The summed E-state index contributed by atoms with van der Waals surface area (Å²) in [6, 6.07) is -0.0203. The van der Waals surface area contributed by atoms with Crippen LogP contribution >= 0.6 is 0 Å². The summed E-state index contributed by atoms with van der Waals surface area (Å²) in [5.74, 6) is 0.581.